The third kappa shape index (κ3) is 0.807. The van der Waals surface area contributed by atoms with Crippen LogP contribution in [-0.2, 0) is 12.6 Å². The van der Waals surface area contributed by atoms with Gasteiger partial charge in [-0.15, -0.1) is 0 Å². The van der Waals surface area contributed by atoms with Crippen molar-refractivity contribution in [3.63, 3.8) is 0 Å². The molecule has 1 aromatic heterocycles. The van der Waals surface area contributed by atoms with Crippen molar-refractivity contribution in [1.29, 1.82) is 0 Å². The second-order valence-corrected chi connectivity index (χ2v) is 3.37. The number of aromatic nitrogens is 2. The highest BCUT2D eigenvalue weighted by atomic mass is 16.3. The number of aliphatic hydroxyl groups is 1. The van der Waals surface area contributed by atoms with Gasteiger partial charge in [0.05, 0.1) is 5.69 Å². The van der Waals surface area contributed by atoms with Gasteiger partial charge in [0, 0.05) is 13.2 Å². The highest BCUT2D eigenvalue weighted by molar-refractivity contribution is 5.21. The van der Waals surface area contributed by atoms with Gasteiger partial charge >= 0.3 is 0 Å². The minimum Gasteiger partial charge on any atom is -0.383 e. The highest BCUT2D eigenvalue weighted by Gasteiger charge is 2.52. The molecule has 3 nitrogen and oxygen atoms in total. The van der Waals surface area contributed by atoms with Crippen LogP contribution in [0.1, 0.15) is 19.0 Å². The van der Waals surface area contributed by atoms with Crippen LogP contribution >= 0.6 is 0 Å². The molecule has 1 aliphatic rings. The summed E-state index contributed by atoms with van der Waals surface area (Å²) in [5.74, 6) is 0.387. The zero-order valence-electron chi connectivity index (χ0n) is 6.78. The molecule has 0 aliphatic heterocycles. The Bertz CT molecular complexity index is 281. The van der Waals surface area contributed by atoms with Crippen LogP contribution in [0.4, 0.5) is 0 Å². The molecule has 2 atom stereocenters. The summed E-state index contributed by atoms with van der Waals surface area (Å²) in [5.41, 5.74) is 0.357. The number of hydrogen-bond donors (Lipinski definition) is 1. The van der Waals surface area contributed by atoms with Crippen molar-refractivity contribution >= 4 is 0 Å². The maximum Gasteiger partial charge on any atom is 0.109 e. The average Bonchev–Trinajstić information content (AvgIpc) is 2.43. The Kier molecular flexibility index (Phi) is 1.16. The van der Waals surface area contributed by atoms with E-state index in [2.05, 4.69) is 5.10 Å². The maximum atomic E-state index is 9.88. The summed E-state index contributed by atoms with van der Waals surface area (Å²) in [6.07, 6.45) is 2.59. The number of nitrogens with zero attached hydrogens (tertiary/aromatic N) is 2. The first kappa shape index (κ1) is 6.85. The van der Waals surface area contributed by atoms with E-state index < -0.39 is 5.60 Å². The van der Waals surface area contributed by atoms with Crippen LogP contribution < -0.4 is 0 Å². The molecule has 1 fully saturated rings. The van der Waals surface area contributed by atoms with Crippen LogP contribution in [0.5, 0.6) is 0 Å². The maximum absolute atomic E-state index is 9.88. The first-order valence-electron chi connectivity index (χ1n) is 3.85. The molecule has 0 radical (unpaired) electrons. The Morgan fingerprint density at radius 2 is 2.45 bits per heavy atom. The fraction of sp³-hybridized carbons (Fsp3) is 0.625. The molecule has 1 aliphatic carbocycles. The van der Waals surface area contributed by atoms with E-state index in [-0.39, 0.29) is 0 Å². The molecule has 0 aromatic carbocycles. The molecule has 3 heteroatoms. The monoisotopic (exact) mass is 152 g/mol. The molecule has 1 N–H and O–H groups in total. The Hall–Kier alpha value is -0.830. The van der Waals surface area contributed by atoms with Gasteiger partial charge in [0.1, 0.15) is 5.60 Å². The van der Waals surface area contributed by atoms with Crippen LogP contribution in [0.25, 0.3) is 0 Å². The Labute approximate surface area is 65.7 Å². The molecule has 0 saturated heterocycles. The molecule has 0 amide bonds. The van der Waals surface area contributed by atoms with Crippen LogP contribution in [0, 0.1) is 5.92 Å². The lowest BCUT2D eigenvalue weighted by atomic mass is 10.2. The van der Waals surface area contributed by atoms with Crippen molar-refractivity contribution in [2.24, 2.45) is 13.0 Å². The normalized spacial score (nSPS) is 35.7. The van der Waals surface area contributed by atoms with Crippen molar-refractivity contribution in [3.05, 3.63) is 18.0 Å². The summed E-state index contributed by atoms with van der Waals surface area (Å²) in [6, 6.07) is 1.88. The van der Waals surface area contributed by atoms with Gasteiger partial charge in [0.15, 0.2) is 0 Å². The van der Waals surface area contributed by atoms with Gasteiger partial charge in [-0.25, -0.2) is 0 Å². The lowest BCUT2D eigenvalue weighted by Gasteiger charge is -2.08. The molecule has 0 spiro atoms. The molecule has 0 bridgehead atoms. The molecule has 2 rings (SSSR count). The van der Waals surface area contributed by atoms with E-state index in [0.29, 0.717) is 5.92 Å². The highest BCUT2D eigenvalue weighted by Crippen LogP contribution is 2.50. The summed E-state index contributed by atoms with van der Waals surface area (Å²) in [5, 5.41) is 13.9. The van der Waals surface area contributed by atoms with Crippen LogP contribution in [-0.4, -0.2) is 14.9 Å². The van der Waals surface area contributed by atoms with E-state index >= 15 is 0 Å². The van der Waals surface area contributed by atoms with Crippen LogP contribution in [0.2, 0.25) is 0 Å². The molecular weight excluding hydrogens is 140 g/mol. The Balaban J connectivity index is 2.37. The number of aryl methyl sites for hydroxylation is 1. The lowest BCUT2D eigenvalue weighted by molar-refractivity contribution is 0.125. The fourth-order valence-electron chi connectivity index (χ4n) is 1.56. The fourth-order valence-corrected chi connectivity index (χ4v) is 1.56. The van der Waals surface area contributed by atoms with Crippen molar-refractivity contribution in [2.45, 2.75) is 18.9 Å². The van der Waals surface area contributed by atoms with Crippen molar-refractivity contribution in [1.82, 2.24) is 9.78 Å². The minimum absolute atomic E-state index is 0.387. The molecule has 2 unspecified atom stereocenters. The largest absolute Gasteiger partial charge is 0.383 e. The summed E-state index contributed by atoms with van der Waals surface area (Å²) >= 11 is 0. The summed E-state index contributed by atoms with van der Waals surface area (Å²) in [7, 11) is 1.86. The van der Waals surface area contributed by atoms with Gasteiger partial charge in [0.2, 0.25) is 0 Å². The number of rotatable bonds is 1. The average molecular weight is 152 g/mol. The molecule has 1 saturated carbocycles. The van der Waals surface area contributed by atoms with E-state index in [1.165, 1.54) is 0 Å². The molecule has 1 aromatic rings. The molecule has 11 heavy (non-hydrogen) atoms. The van der Waals surface area contributed by atoms with Crippen molar-refractivity contribution < 1.29 is 5.11 Å². The number of hydrogen-bond acceptors (Lipinski definition) is 2. The Morgan fingerprint density at radius 3 is 2.82 bits per heavy atom. The Morgan fingerprint density at radius 1 is 1.82 bits per heavy atom. The lowest BCUT2D eigenvalue weighted by Crippen LogP contribution is -2.13. The van der Waals surface area contributed by atoms with Crippen LogP contribution in [0.3, 0.4) is 0 Å². The van der Waals surface area contributed by atoms with E-state index in [4.69, 9.17) is 0 Å². The summed E-state index contributed by atoms with van der Waals surface area (Å²) in [6.45, 7) is 2.05. The zero-order chi connectivity index (χ0) is 8.06. The predicted octanol–water partition coefficient (Wildman–Crippen LogP) is 0.647. The second-order valence-electron chi connectivity index (χ2n) is 3.37. The van der Waals surface area contributed by atoms with Crippen molar-refractivity contribution in [2.75, 3.05) is 0 Å². The van der Waals surface area contributed by atoms with E-state index in [1.807, 2.05) is 20.0 Å². The summed E-state index contributed by atoms with van der Waals surface area (Å²) in [4.78, 5) is 0. The van der Waals surface area contributed by atoms with E-state index in [0.717, 1.165) is 12.1 Å². The minimum atomic E-state index is -0.578. The van der Waals surface area contributed by atoms with Crippen LogP contribution in [0.15, 0.2) is 12.3 Å². The van der Waals surface area contributed by atoms with Gasteiger partial charge in [-0.2, -0.15) is 5.10 Å². The predicted molar refractivity (Wildman–Crippen MR) is 40.9 cm³/mol. The third-order valence-corrected chi connectivity index (χ3v) is 2.54. The first-order chi connectivity index (χ1) is 5.14. The van der Waals surface area contributed by atoms with Gasteiger partial charge < -0.3 is 5.11 Å². The molecular formula is C8H12N2O. The first-order valence-corrected chi connectivity index (χ1v) is 3.85. The van der Waals surface area contributed by atoms with Gasteiger partial charge in [-0.3, -0.25) is 4.68 Å². The second kappa shape index (κ2) is 1.85. The summed E-state index contributed by atoms with van der Waals surface area (Å²) < 4.78 is 1.74. The SMILES string of the molecule is CC1CC1(O)c1ccnn1C. The van der Waals surface area contributed by atoms with E-state index in [1.54, 1.807) is 10.9 Å². The van der Waals surface area contributed by atoms with Gasteiger partial charge in [-0.05, 0) is 18.4 Å². The third-order valence-electron chi connectivity index (χ3n) is 2.54. The molecule has 1 heterocycles. The van der Waals surface area contributed by atoms with Gasteiger partial charge in [0.25, 0.3) is 0 Å². The molecule has 60 valence electrons. The van der Waals surface area contributed by atoms with Crippen molar-refractivity contribution in [3.8, 4) is 0 Å². The quantitative estimate of drug-likeness (QED) is 0.641. The smallest absolute Gasteiger partial charge is 0.109 e. The van der Waals surface area contributed by atoms with E-state index in [9.17, 15) is 5.11 Å². The standard InChI is InChI=1S/C8H12N2O/c1-6-5-8(6,11)7-3-4-9-10(7)2/h3-4,6,11H,5H2,1-2H3. The topological polar surface area (TPSA) is 38.1 Å². The zero-order valence-corrected chi connectivity index (χ0v) is 6.78. The van der Waals surface area contributed by atoms with Gasteiger partial charge in [-0.1, -0.05) is 6.92 Å².